The first kappa shape index (κ1) is 25.2. The Hall–Kier alpha value is -3.42. The van der Waals surface area contributed by atoms with E-state index in [0.717, 1.165) is 35.4 Å². The summed E-state index contributed by atoms with van der Waals surface area (Å²) < 4.78 is 55.3. The molecular formula is C26H28F4N4. The Bertz CT molecular complexity index is 1260. The first-order valence-corrected chi connectivity index (χ1v) is 11.0. The molecule has 3 rings (SSSR count). The topological polar surface area (TPSA) is 42.2 Å². The minimum atomic E-state index is -4.46. The van der Waals surface area contributed by atoms with Crippen molar-refractivity contribution in [2.24, 2.45) is 4.99 Å². The maximum Gasteiger partial charge on any atom is 0.417 e. The normalized spacial score (nSPS) is 12.2. The zero-order valence-corrected chi connectivity index (χ0v) is 19.7. The fraction of sp³-hybridized carbons (Fsp3) is 0.308. The number of rotatable bonds is 7. The summed E-state index contributed by atoms with van der Waals surface area (Å²) in [5.74, 6) is 0.414. The molecule has 180 valence electrons. The van der Waals surface area contributed by atoms with Gasteiger partial charge in [-0.2, -0.15) is 13.2 Å². The highest BCUT2D eigenvalue weighted by Crippen LogP contribution is 2.30. The summed E-state index contributed by atoms with van der Waals surface area (Å²) >= 11 is 0. The molecule has 0 unspecified atom stereocenters. The van der Waals surface area contributed by atoms with Crippen molar-refractivity contribution in [2.75, 3.05) is 12.4 Å². The lowest BCUT2D eigenvalue weighted by Crippen LogP contribution is -2.25. The molecule has 0 saturated heterocycles. The van der Waals surface area contributed by atoms with Crippen LogP contribution in [0.2, 0.25) is 0 Å². The van der Waals surface area contributed by atoms with Gasteiger partial charge < -0.3 is 5.32 Å². The number of aryl methyl sites for hydroxylation is 2. The van der Waals surface area contributed by atoms with Crippen molar-refractivity contribution in [3.8, 4) is 11.3 Å². The molecule has 2 heterocycles. The van der Waals surface area contributed by atoms with Crippen molar-refractivity contribution < 1.29 is 17.6 Å². The van der Waals surface area contributed by atoms with Crippen LogP contribution >= 0.6 is 0 Å². The maximum atomic E-state index is 14.5. The van der Waals surface area contributed by atoms with Crippen molar-refractivity contribution in [2.45, 2.75) is 46.3 Å². The largest absolute Gasteiger partial charge is 0.417 e. The van der Waals surface area contributed by atoms with Crippen LogP contribution in [0.5, 0.6) is 0 Å². The zero-order valence-electron chi connectivity index (χ0n) is 19.7. The molecule has 34 heavy (non-hydrogen) atoms. The van der Waals surface area contributed by atoms with Gasteiger partial charge in [-0.15, -0.1) is 0 Å². The molecule has 0 fully saturated rings. The van der Waals surface area contributed by atoms with Gasteiger partial charge in [0.25, 0.3) is 0 Å². The van der Waals surface area contributed by atoms with E-state index in [0.29, 0.717) is 34.5 Å². The van der Waals surface area contributed by atoms with Crippen molar-refractivity contribution in [3.63, 3.8) is 0 Å². The average Bonchev–Trinajstić information content (AvgIpc) is 2.81. The Morgan fingerprint density at radius 3 is 2.47 bits per heavy atom. The summed E-state index contributed by atoms with van der Waals surface area (Å²) in [6.45, 7) is 10.0. The van der Waals surface area contributed by atoms with Crippen LogP contribution in [0.1, 0.15) is 41.2 Å². The Morgan fingerprint density at radius 1 is 1.18 bits per heavy atom. The fourth-order valence-electron chi connectivity index (χ4n) is 3.90. The maximum absolute atomic E-state index is 14.5. The number of nitrogens with zero attached hydrogens (tertiary/aromatic N) is 3. The molecule has 3 aromatic rings. The second kappa shape index (κ2) is 10.2. The third kappa shape index (κ3) is 5.05. The highest BCUT2D eigenvalue weighted by atomic mass is 19.4. The van der Waals surface area contributed by atoms with Gasteiger partial charge in [0.05, 0.1) is 11.3 Å². The van der Waals surface area contributed by atoms with Gasteiger partial charge in [0.1, 0.15) is 17.1 Å². The number of aromatic nitrogens is 2. The van der Waals surface area contributed by atoms with Crippen molar-refractivity contribution >= 4 is 12.0 Å². The van der Waals surface area contributed by atoms with Crippen LogP contribution < -0.4 is 10.8 Å². The molecule has 8 heteroatoms. The molecule has 0 aliphatic rings. The highest BCUT2D eigenvalue weighted by molar-refractivity contribution is 5.65. The molecule has 0 bridgehead atoms. The molecule has 0 aliphatic carbocycles. The Morgan fingerprint density at radius 2 is 1.91 bits per heavy atom. The first-order valence-electron chi connectivity index (χ1n) is 11.0. The molecule has 2 aromatic heterocycles. The molecule has 1 N–H and O–H groups in total. The third-order valence-electron chi connectivity index (χ3n) is 5.86. The van der Waals surface area contributed by atoms with E-state index in [1.54, 1.807) is 23.9 Å². The summed E-state index contributed by atoms with van der Waals surface area (Å²) in [6, 6.07) is 7.44. The number of pyridine rings is 2. The van der Waals surface area contributed by atoms with E-state index < -0.39 is 11.7 Å². The number of hydrogen-bond acceptors (Lipinski definition) is 3. The van der Waals surface area contributed by atoms with Gasteiger partial charge in [0.2, 0.25) is 0 Å². The number of nitrogens with one attached hydrogen (secondary N) is 1. The van der Waals surface area contributed by atoms with Crippen molar-refractivity contribution in [3.05, 3.63) is 82.2 Å². The Labute approximate surface area is 196 Å². The van der Waals surface area contributed by atoms with Gasteiger partial charge in [0, 0.05) is 37.1 Å². The van der Waals surface area contributed by atoms with Crippen LogP contribution in [-0.4, -0.2) is 16.6 Å². The van der Waals surface area contributed by atoms with Gasteiger partial charge in [-0.05, 0) is 61.2 Å². The molecule has 4 nitrogen and oxygen atoms in total. The number of hydrogen-bond donors (Lipinski definition) is 1. The van der Waals surface area contributed by atoms with Crippen LogP contribution in [0.25, 0.3) is 17.5 Å². The minimum Gasteiger partial charge on any atom is -0.367 e. The Kier molecular flexibility index (Phi) is 7.59. The van der Waals surface area contributed by atoms with Crippen molar-refractivity contribution in [1.82, 2.24) is 9.55 Å². The van der Waals surface area contributed by atoms with Crippen LogP contribution in [0.3, 0.4) is 0 Å². The predicted octanol–water partition coefficient (Wildman–Crippen LogP) is 6.52. The van der Waals surface area contributed by atoms with E-state index >= 15 is 0 Å². The second-order valence-electron chi connectivity index (χ2n) is 8.03. The summed E-state index contributed by atoms with van der Waals surface area (Å²) in [7, 11) is 1.59. The van der Waals surface area contributed by atoms with E-state index in [9.17, 15) is 17.6 Å². The second-order valence-corrected chi connectivity index (χ2v) is 8.03. The van der Waals surface area contributed by atoms with E-state index in [1.165, 1.54) is 12.1 Å². The molecule has 0 spiro atoms. The van der Waals surface area contributed by atoms with E-state index in [-0.39, 0.29) is 12.4 Å². The molecule has 0 radical (unpaired) electrons. The zero-order chi connectivity index (χ0) is 25.0. The van der Waals surface area contributed by atoms with Gasteiger partial charge >= 0.3 is 6.18 Å². The van der Waals surface area contributed by atoms with Crippen LogP contribution in [0.15, 0.2) is 48.1 Å². The van der Waals surface area contributed by atoms with Gasteiger partial charge in [-0.3, -0.25) is 14.5 Å². The Balaban J connectivity index is 2.13. The number of alkyl halides is 3. The smallest absolute Gasteiger partial charge is 0.367 e. The third-order valence-corrected chi connectivity index (χ3v) is 5.86. The van der Waals surface area contributed by atoms with Crippen LogP contribution in [-0.2, 0) is 19.1 Å². The number of anilines is 1. The van der Waals surface area contributed by atoms with E-state index in [1.807, 2.05) is 26.8 Å². The SMILES string of the molecule is C=Cn1c(NCc2c(F)ccc(C)c2C)c(CCC)cc(-c2ccc(C(F)(F)F)cn2)c1=NC. The van der Waals surface area contributed by atoms with Crippen LogP contribution in [0, 0.1) is 19.7 Å². The molecular weight excluding hydrogens is 444 g/mol. The molecule has 0 aliphatic heterocycles. The van der Waals surface area contributed by atoms with E-state index in [2.05, 4.69) is 21.9 Å². The average molecular weight is 473 g/mol. The summed E-state index contributed by atoms with van der Waals surface area (Å²) in [5, 5.41) is 3.35. The predicted molar refractivity (Wildman–Crippen MR) is 128 cm³/mol. The summed E-state index contributed by atoms with van der Waals surface area (Å²) in [4.78, 5) is 8.43. The van der Waals surface area contributed by atoms with E-state index in [4.69, 9.17) is 0 Å². The molecule has 0 amide bonds. The van der Waals surface area contributed by atoms with Gasteiger partial charge in [0.15, 0.2) is 0 Å². The molecule has 0 atom stereocenters. The summed E-state index contributed by atoms with van der Waals surface area (Å²) in [6.07, 6.45) is -0.553. The van der Waals surface area contributed by atoms with Crippen LogP contribution in [0.4, 0.5) is 23.4 Å². The first-order chi connectivity index (χ1) is 16.1. The van der Waals surface area contributed by atoms with Crippen molar-refractivity contribution in [1.29, 1.82) is 0 Å². The number of benzene rings is 1. The van der Waals surface area contributed by atoms with Gasteiger partial charge in [-0.1, -0.05) is 26.0 Å². The summed E-state index contributed by atoms with van der Waals surface area (Å²) in [5.41, 5.74) is 3.96. The molecule has 1 aromatic carbocycles. The minimum absolute atomic E-state index is 0.255. The monoisotopic (exact) mass is 472 g/mol. The van der Waals surface area contributed by atoms with Gasteiger partial charge in [-0.25, -0.2) is 4.39 Å². The lowest BCUT2D eigenvalue weighted by Gasteiger charge is -2.21. The highest BCUT2D eigenvalue weighted by Gasteiger charge is 2.30. The quantitative estimate of drug-likeness (QED) is 0.398. The standard InChI is InChI=1S/C26H28F4N4/c1-6-8-18-13-20(23-12-10-19(14-32-23)26(28,29)30)25(31-5)34(7-2)24(18)33-15-21-17(4)16(3)9-11-22(21)27/h7,9-14,33H,2,6,8,15H2,1,3-5H3. The number of halogens is 4. The lowest BCUT2D eigenvalue weighted by molar-refractivity contribution is -0.137. The lowest BCUT2D eigenvalue weighted by atomic mass is 10.0. The fourth-order valence-corrected chi connectivity index (χ4v) is 3.90. The molecule has 0 saturated carbocycles.